The summed E-state index contributed by atoms with van der Waals surface area (Å²) in [5.74, 6) is -0.822. The quantitative estimate of drug-likeness (QED) is 0.325. The maximum atomic E-state index is 12.9. The number of amides is 1. The fourth-order valence-electron chi connectivity index (χ4n) is 3.25. The molecule has 0 saturated carbocycles. The Hall–Kier alpha value is -3.21. The molecule has 164 valence electrons. The number of anilines is 1. The van der Waals surface area contributed by atoms with Crippen molar-refractivity contribution in [2.45, 2.75) is 20.0 Å². The average Bonchev–Trinajstić information content (AvgIpc) is 3.00. The van der Waals surface area contributed by atoms with Crippen molar-refractivity contribution in [2.75, 3.05) is 5.32 Å². The first kappa shape index (κ1) is 23.5. The summed E-state index contributed by atoms with van der Waals surface area (Å²) < 4.78 is 40.5. The fraction of sp³-hybridized carbons (Fsp3) is 0.130. The number of nitriles is 1. The van der Waals surface area contributed by atoms with Gasteiger partial charge in [0.05, 0.1) is 21.3 Å². The number of hydrogen-bond acceptors (Lipinski definition) is 2. The molecular weight excluding hydrogens is 462 g/mol. The van der Waals surface area contributed by atoms with Crippen LogP contribution >= 0.6 is 23.2 Å². The summed E-state index contributed by atoms with van der Waals surface area (Å²) in [4.78, 5) is 12.6. The number of hydrogen-bond donors (Lipinski definition) is 1. The SMILES string of the molecule is Cc1cc(/C=C(/C#N)C(=O)Nc2cccc(C(F)(F)F)c2)c(C)n1-c1cccc(Cl)c1Cl. The van der Waals surface area contributed by atoms with E-state index in [1.807, 2.05) is 11.5 Å². The second-order valence-corrected chi connectivity index (χ2v) is 7.72. The Morgan fingerprint density at radius 1 is 1.12 bits per heavy atom. The van der Waals surface area contributed by atoms with Crippen molar-refractivity contribution in [1.82, 2.24) is 4.57 Å². The van der Waals surface area contributed by atoms with Crippen LogP contribution in [0.1, 0.15) is 22.5 Å². The third-order valence-corrected chi connectivity index (χ3v) is 5.56. The molecule has 1 heterocycles. The molecule has 32 heavy (non-hydrogen) atoms. The van der Waals surface area contributed by atoms with Crippen LogP contribution in [0.25, 0.3) is 11.8 Å². The van der Waals surface area contributed by atoms with Crippen molar-refractivity contribution in [3.63, 3.8) is 0 Å². The number of carbonyl (C=O) groups excluding carboxylic acids is 1. The molecule has 0 spiro atoms. The van der Waals surface area contributed by atoms with E-state index in [9.17, 15) is 23.2 Å². The number of rotatable bonds is 4. The summed E-state index contributed by atoms with van der Waals surface area (Å²) in [5, 5.41) is 12.6. The van der Waals surface area contributed by atoms with E-state index < -0.39 is 17.6 Å². The molecule has 3 rings (SSSR count). The van der Waals surface area contributed by atoms with Crippen LogP contribution in [-0.4, -0.2) is 10.5 Å². The largest absolute Gasteiger partial charge is 0.416 e. The number of halogens is 5. The predicted octanol–water partition coefficient (Wildman–Crippen LogP) is 6.97. The second-order valence-electron chi connectivity index (χ2n) is 6.94. The normalized spacial score (nSPS) is 11.9. The highest BCUT2D eigenvalue weighted by Gasteiger charge is 2.30. The van der Waals surface area contributed by atoms with Gasteiger partial charge in [-0.3, -0.25) is 4.79 Å². The molecule has 0 bridgehead atoms. The van der Waals surface area contributed by atoms with Gasteiger partial charge in [0.2, 0.25) is 0 Å². The zero-order valence-corrected chi connectivity index (χ0v) is 18.4. The van der Waals surface area contributed by atoms with Gasteiger partial charge >= 0.3 is 6.18 Å². The highest BCUT2D eigenvalue weighted by atomic mass is 35.5. The topological polar surface area (TPSA) is 57.8 Å². The number of aromatic nitrogens is 1. The van der Waals surface area contributed by atoms with E-state index in [4.69, 9.17) is 23.2 Å². The zero-order chi connectivity index (χ0) is 23.6. The summed E-state index contributed by atoms with van der Waals surface area (Å²) in [5.41, 5.74) is 1.47. The monoisotopic (exact) mass is 477 g/mol. The molecule has 9 heteroatoms. The van der Waals surface area contributed by atoms with Gasteiger partial charge in [-0.05, 0) is 61.9 Å². The number of nitrogens with zero attached hydrogens (tertiary/aromatic N) is 2. The molecule has 0 atom stereocenters. The molecule has 0 radical (unpaired) electrons. The third kappa shape index (κ3) is 4.82. The van der Waals surface area contributed by atoms with Gasteiger partial charge in [-0.1, -0.05) is 35.3 Å². The lowest BCUT2D eigenvalue weighted by Gasteiger charge is -2.12. The molecule has 0 aliphatic carbocycles. The Bertz CT molecular complexity index is 1270. The van der Waals surface area contributed by atoms with Crippen molar-refractivity contribution in [2.24, 2.45) is 0 Å². The zero-order valence-electron chi connectivity index (χ0n) is 16.9. The van der Waals surface area contributed by atoms with E-state index in [2.05, 4.69) is 5.32 Å². The van der Waals surface area contributed by atoms with Crippen molar-refractivity contribution >= 4 is 40.9 Å². The lowest BCUT2D eigenvalue weighted by molar-refractivity contribution is -0.137. The number of nitrogens with one attached hydrogen (secondary N) is 1. The summed E-state index contributed by atoms with van der Waals surface area (Å²) >= 11 is 12.5. The lowest BCUT2D eigenvalue weighted by Crippen LogP contribution is -2.14. The Morgan fingerprint density at radius 2 is 1.81 bits per heavy atom. The maximum Gasteiger partial charge on any atom is 0.416 e. The minimum Gasteiger partial charge on any atom is -0.321 e. The fourth-order valence-corrected chi connectivity index (χ4v) is 3.63. The van der Waals surface area contributed by atoms with Gasteiger partial charge < -0.3 is 9.88 Å². The minimum absolute atomic E-state index is 0.0674. The van der Waals surface area contributed by atoms with Crippen LogP contribution in [-0.2, 0) is 11.0 Å². The van der Waals surface area contributed by atoms with Gasteiger partial charge in [0.1, 0.15) is 11.6 Å². The first-order chi connectivity index (χ1) is 15.0. The molecule has 0 saturated heterocycles. The number of carbonyl (C=O) groups is 1. The van der Waals surface area contributed by atoms with E-state index in [1.54, 1.807) is 37.3 Å². The Morgan fingerprint density at radius 3 is 2.47 bits per heavy atom. The smallest absolute Gasteiger partial charge is 0.321 e. The van der Waals surface area contributed by atoms with Crippen molar-refractivity contribution in [1.29, 1.82) is 5.26 Å². The number of benzene rings is 2. The van der Waals surface area contributed by atoms with Gasteiger partial charge in [0, 0.05) is 17.1 Å². The van der Waals surface area contributed by atoms with Gasteiger partial charge in [0.25, 0.3) is 5.91 Å². The minimum atomic E-state index is -4.55. The highest BCUT2D eigenvalue weighted by Crippen LogP contribution is 2.33. The van der Waals surface area contributed by atoms with Gasteiger partial charge in [-0.2, -0.15) is 18.4 Å². The lowest BCUT2D eigenvalue weighted by atomic mass is 10.1. The van der Waals surface area contributed by atoms with Crippen LogP contribution in [0.4, 0.5) is 18.9 Å². The van der Waals surface area contributed by atoms with Crippen molar-refractivity contribution in [3.8, 4) is 11.8 Å². The van der Waals surface area contributed by atoms with E-state index >= 15 is 0 Å². The third-order valence-electron chi connectivity index (χ3n) is 4.76. The summed E-state index contributed by atoms with van der Waals surface area (Å²) in [6, 6.07) is 13.0. The predicted molar refractivity (Wildman–Crippen MR) is 119 cm³/mol. The Kier molecular flexibility index (Phi) is 6.68. The van der Waals surface area contributed by atoms with Crippen molar-refractivity contribution in [3.05, 3.63) is 86.7 Å². The number of alkyl halides is 3. The first-order valence-corrected chi connectivity index (χ1v) is 10.0. The van der Waals surface area contributed by atoms with Gasteiger partial charge in [-0.25, -0.2) is 0 Å². The molecule has 0 aliphatic rings. The molecule has 1 amide bonds. The van der Waals surface area contributed by atoms with E-state index in [1.165, 1.54) is 18.2 Å². The molecule has 0 fully saturated rings. The summed E-state index contributed by atoms with van der Waals surface area (Å²) in [7, 11) is 0. The van der Waals surface area contributed by atoms with Crippen LogP contribution < -0.4 is 5.32 Å². The first-order valence-electron chi connectivity index (χ1n) is 9.26. The molecule has 3 aromatic rings. The van der Waals surface area contributed by atoms with E-state index in [-0.39, 0.29) is 11.3 Å². The van der Waals surface area contributed by atoms with Crippen LogP contribution in [0.3, 0.4) is 0 Å². The highest BCUT2D eigenvalue weighted by molar-refractivity contribution is 6.43. The standard InChI is InChI=1S/C23H16Cl2F3N3O/c1-13-9-15(14(2)31(13)20-8-4-7-19(24)21(20)25)10-16(12-29)22(32)30-18-6-3-5-17(11-18)23(26,27)28/h3-11H,1-2H3,(H,30,32)/b16-10-. The molecule has 0 unspecified atom stereocenters. The maximum absolute atomic E-state index is 12.9. The molecule has 2 aromatic carbocycles. The van der Waals surface area contributed by atoms with E-state index in [0.29, 0.717) is 27.0 Å². The van der Waals surface area contributed by atoms with Crippen LogP contribution in [0, 0.1) is 25.2 Å². The van der Waals surface area contributed by atoms with E-state index in [0.717, 1.165) is 17.8 Å². The van der Waals surface area contributed by atoms with Crippen LogP contribution in [0.15, 0.2) is 54.1 Å². The molecule has 1 aromatic heterocycles. The summed E-state index contributed by atoms with van der Waals surface area (Å²) in [6.07, 6.45) is -3.17. The Balaban J connectivity index is 1.95. The molecule has 4 nitrogen and oxygen atoms in total. The molecule has 0 aliphatic heterocycles. The van der Waals surface area contributed by atoms with Gasteiger partial charge in [0.15, 0.2) is 0 Å². The number of aryl methyl sites for hydroxylation is 1. The average molecular weight is 478 g/mol. The second kappa shape index (κ2) is 9.11. The Labute approximate surface area is 192 Å². The summed E-state index contributed by atoms with van der Waals surface area (Å²) in [6.45, 7) is 3.62. The van der Waals surface area contributed by atoms with Gasteiger partial charge in [-0.15, -0.1) is 0 Å². The van der Waals surface area contributed by atoms with Crippen LogP contribution in [0.2, 0.25) is 10.0 Å². The molecular formula is C23H16Cl2F3N3O. The van der Waals surface area contributed by atoms with Crippen molar-refractivity contribution < 1.29 is 18.0 Å². The molecule has 1 N–H and O–H groups in total. The van der Waals surface area contributed by atoms with Crippen LogP contribution in [0.5, 0.6) is 0 Å².